The van der Waals surface area contributed by atoms with Crippen molar-refractivity contribution in [3.8, 4) is 0 Å². The fourth-order valence-electron chi connectivity index (χ4n) is 4.34. The fraction of sp³-hybridized carbons (Fsp3) is 0.417. The first-order valence-electron chi connectivity index (χ1n) is 11.3. The number of amides is 2. The highest BCUT2D eigenvalue weighted by Crippen LogP contribution is 2.24. The van der Waals surface area contributed by atoms with E-state index in [1.54, 1.807) is 18.6 Å². The highest BCUT2D eigenvalue weighted by Gasteiger charge is 2.26. The Labute approximate surface area is 188 Å². The summed E-state index contributed by atoms with van der Waals surface area (Å²) in [6, 6.07) is 7.82. The van der Waals surface area contributed by atoms with Gasteiger partial charge in [-0.3, -0.25) is 14.6 Å². The molecule has 3 aromatic rings. The van der Waals surface area contributed by atoms with Gasteiger partial charge in [0.1, 0.15) is 12.4 Å². The molecule has 0 bridgehead atoms. The Hall–Kier alpha value is -3.42. The van der Waals surface area contributed by atoms with E-state index in [-0.39, 0.29) is 17.7 Å². The molecule has 0 spiro atoms. The van der Waals surface area contributed by atoms with E-state index in [1.807, 2.05) is 53.8 Å². The van der Waals surface area contributed by atoms with Crippen LogP contribution in [0.3, 0.4) is 0 Å². The number of benzene rings is 1. The van der Waals surface area contributed by atoms with E-state index >= 15 is 0 Å². The molecule has 3 heterocycles. The van der Waals surface area contributed by atoms with Crippen molar-refractivity contribution in [3.05, 3.63) is 49.1 Å². The van der Waals surface area contributed by atoms with Gasteiger partial charge in [-0.2, -0.15) is 0 Å². The van der Waals surface area contributed by atoms with Crippen LogP contribution in [0.25, 0.3) is 10.9 Å². The van der Waals surface area contributed by atoms with Crippen LogP contribution in [-0.2, 0) is 16.1 Å². The first kappa shape index (κ1) is 21.8. The summed E-state index contributed by atoms with van der Waals surface area (Å²) in [6.45, 7) is 7.23. The summed E-state index contributed by atoms with van der Waals surface area (Å²) >= 11 is 0. The number of nitrogens with one attached hydrogen (secondary N) is 1. The number of carbonyl (C=O) groups is 2. The van der Waals surface area contributed by atoms with Crippen molar-refractivity contribution in [2.75, 3.05) is 36.4 Å². The third kappa shape index (κ3) is 4.74. The zero-order valence-electron chi connectivity index (χ0n) is 18.7. The number of fused-ring (bicyclic) bond motifs is 1. The van der Waals surface area contributed by atoms with E-state index in [0.717, 1.165) is 41.8 Å². The van der Waals surface area contributed by atoms with Crippen molar-refractivity contribution < 1.29 is 9.59 Å². The summed E-state index contributed by atoms with van der Waals surface area (Å²) in [5, 5.41) is 4.08. The summed E-state index contributed by atoms with van der Waals surface area (Å²) in [6.07, 6.45) is 8.80. The van der Waals surface area contributed by atoms with Gasteiger partial charge in [-0.05, 0) is 51.0 Å². The van der Waals surface area contributed by atoms with E-state index < -0.39 is 0 Å². The van der Waals surface area contributed by atoms with Crippen molar-refractivity contribution in [1.29, 1.82) is 0 Å². The van der Waals surface area contributed by atoms with E-state index in [4.69, 9.17) is 0 Å². The molecule has 2 aromatic heterocycles. The Morgan fingerprint density at radius 1 is 1.19 bits per heavy atom. The summed E-state index contributed by atoms with van der Waals surface area (Å²) in [5.41, 5.74) is 1.75. The first-order chi connectivity index (χ1) is 15.6. The monoisotopic (exact) mass is 434 g/mol. The number of aromatic nitrogens is 3. The molecular weight excluding hydrogens is 404 g/mol. The molecule has 0 radical (unpaired) electrons. The van der Waals surface area contributed by atoms with Gasteiger partial charge in [0.25, 0.3) is 0 Å². The second-order valence-electron chi connectivity index (χ2n) is 8.12. The second-order valence-corrected chi connectivity index (χ2v) is 8.12. The van der Waals surface area contributed by atoms with E-state index in [1.165, 1.54) is 0 Å². The van der Waals surface area contributed by atoms with E-state index in [2.05, 4.69) is 20.2 Å². The Kier molecular flexibility index (Phi) is 6.68. The summed E-state index contributed by atoms with van der Waals surface area (Å²) < 4.78 is 1.96. The minimum absolute atomic E-state index is 0.0223. The van der Waals surface area contributed by atoms with Crippen LogP contribution in [0.4, 0.5) is 11.5 Å². The lowest BCUT2D eigenvalue weighted by Crippen LogP contribution is -2.41. The maximum absolute atomic E-state index is 12.9. The molecular formula is C24H30N6O2. The number of rotatable bonds is 7. The number of hydrogen-bond donors (Lipinski definition) is 1. The van der Waals surface area contributed by atoms with Crippen LogP contribution in [0.1, 0.15) is 26.7 Å². The van der Waals surface area contributed by atoms with Gasteiger partial charge in [0, 0.05) is 61.4 Å². The molecule has 1 atom stereocenters. The summed E-state index contributed by atoms with van der Waals surface area (Å²) in [7, 11) is 0. The largest absolute Gasteiger partial charge is 0.355 e. The fourth-order valence-corrected chi connectivity index (χ4v) is 4.34. The van der Waals surface area contributed by atoms with Gasteiger partial charge in [0.2, 0.25) is 11.8 Å². The van der Waals surface area contributed by atoms with Gasteiger partial charge in [0.15, 0.2) is 0 Å². The van der Waals surface area contributed by atoms with Crippen molar-refractivity contribution in [2.24, 2.45) is 5.92 Å². The quantitative estimate of drug-likeness (QED) is 0.618. The number of anilines is 2. The Morgan fingerprint density at radius 2 is 2.03 bits per heavy atom. The molecule has 168 valence electrons. The molecule has 1 aromatic carbocycles. The number of hydrogen-bond acceptors (Lipinski definition) is 5. The Balaban J connectivity index is 1.42. The van der Waals surface area contributed by atoms with E-state index in [9.17, 15) is 9.59 Å². The average Bonchev–Trinajstić information content (AvgIpc) is 3.22. The maximum Gasteiger partial charge on any atom is 0.242 e. The third-order valence-corrected chi connectivity index (χ3v) is 6.13. The van der Waals surface area contributed by atoms with Crippen LogP contribution >= 0.6 is 0 Å². The first-order valence-corrected chi connectivity index (χ1v) is 11.3. The molecule has 1 unspecified atom stereocenters. The zero-order chi connectivity index (χ0) is 22.5. The van der Waals surface area contributed by atoms with Crippen LogP contribution < -0.4 is 10.2 Å². The van der Waals surface area contributed by atoms with Crippen molar-refractivity contribution in [3.63, 3.8) is 0 Å². The lowest BCUT2D eigenvalue weighted by atomic mass is 9.97. The lowest BCUT2D eigenvalue weighted by Gasteiger charge is -2.32. The Bertz CT molecular complexity index is 1080. The van der Waals surface area contributed by atoms with Gasteiger partial charge >= 0.3 is 0 Å². The van der Waals surface area contributed by atoms with Crippen LogP contribution in [0, 0.1) is 5.92 Å². The predicted molar refractivity (Wildman–Crippen MR) is 125 cm³/mol. The predicted octanol–water partition coefficient (Wildman–Crippen LogP) is 3.15. The molecule has 0 aliphatic carbocycles. The number of likely N-dealkylation sites (N-methyl/N-ethyl adjacent to an activating group) is 1. The second kappa shape index (κ2) is 9.80. The standard InChI is InChI=1S/C24H30N6O2/c1-3-28(4-2)23(31)17-29-13-9-18-14-20(7-8-21(18)29)27-24(32)19-6-5-12-30(16-19)22-15-25-10-11-26-22/h7-11,13-15,19H,3-6,12,16-17H2,1-2H3,(H,27,32). The molecule has 8 nitrogen and oxygen atoms in total. The molecule has 8 heteroatoms. The molecule has 1 saturated heterocycles. The molecule has 1 N–H and O–H groups in total. The highest BCUT2D eigenvalue weighted by atomic mass is 16.2. The van der Waals surface area contributed by atoms with Crippen LogP contribution in [0.5, 0.6) is 0 Å². The third-order valence-electron chi connectivity index (χ3n) is 6.13. The smallest absolute Gasteiger partial charge is 0.242 e. The van der Waals surface area contributed by atoms with Gasteiger partial charge in [-0.25, -0.2) is 4.98 Å². The van der Waals surface area contributed by atoms with Crippen LogP contribution in [0.2, 0.25) is 0 Å². The van der Waals surface area contributed by atoms with Gasteiger partial charge in [-0.15, -0.1) is 0 Å². The van der Waals surface area contributed by atoms with Crippen molar-refractivity contribution in [2.45, 2.75) is 33.2 Å². The topological polar surface area (TPSA) is 83.4 Å². The zero-order valence-corrected chi connectivity index (χ0v) is 18.7. The maximum atomic E-state index is 12.9. The van der Waals surface area contributed by atoms with E-state index in [0.29, 0.717) is 26.2 Å². The van der Waals surface area contributed by atoms with Gasteiger partial charge < -0.3 is 19.7 Å². The highest BCUT2D eigenvalue weighted by molar-refractivity contribution is 5.95. The SMILES string of the molecule is CCN(CC)C(=O)Cn1ccc2cc(NC(=O)C3CCCN(c4cnccn4)C3)ccc21. The minimum atomic E-state index is -0.0993. The minimum Gasteiger partial charge on any atom is -0.355 e. The molecule has 1 aliphatic rings. The number of piperidine rings is 1. The normalized spacial score (nSPS) is 16.2. The summed E-state index contributed by atoms with van der Waals surface area (Å²) in [5.74, 6) is 0.841. The van der Waals surface area contributed by atoms with Gasteiger partial charge in [0.05, 0.1) is 12.1 Å². The van der Waals surface area contributed by atoms with Crippen molar-refractivity contribution >= 4 is 34.2 Å². The van der Waals surface area contributed by atoms with Crippen LogP contribution in [0.15, 0.2) is 49.1 Å². The van der Waals surface area contributed by atoms with Crippen LogP contribution in [-0.4, -0.2) is 57.4 Å². The number of carbonyl (C=O) groups excluding carboxylic acids is 2. The number of nitrogens with zero attached hydrogens (tertiary/aromatic N) is 5. The van der Waals surface area contributed by atoms with Crippen molar-refractivity contribution in [1.82, 2.24) is 19.4 Å². The molecule has 32 heavy (non-hydrogen) atoms. The molecule has 4 rings (SSSR count). The molecule has 0 saturated carbocycles. The summed E-state index contributed by atoms with van der Waals surface area (Å²) in [4.78, 5) is 37.9. The molecule has 2 amide bonds. The molecule has 1 aliphatic heterocycles. The average molecular weight is 435 g/mol. The lowest BCUT2D eigenvalue weighted by molar-refractivity contribution is -0.131. The Morgan fingerprint density at radius 3 is 2.78 bits per heavy atom. The van der Waals surface area contributed by atoms with Gasteiger partial charge in [-0.1, -0.05) is 0 Å². The molecule has 1 fully saturated rings.